The average Bonchev–Trinajstić information content (AvgIpc) is 3.10. The van der Waals surface area contributed by atoms with Crippen LogP contribution in [-0.4, -0.2) is 31.1 Å². The number of nitrogens with zero attached hydrogens (tertiary/aromatic N) is 2. The minimum Gasteiger partial charge on any atom is -0.300 e. The third-order valence-corrected chi connectivity index (χ3v) is 7.00. The summed E-state index contributed by atoms with van der Waals surface area (Å²) in [6.45, 7) is 8.29. The molecular formula is C19H28N4O3S2. The summed E-state index contributed by atoms with van der Waals surface area (Å²) < 4.78 is 27.1. The molecule has 9 heteroatoms. The minimum absolute atomic E-state index is 0.0122. The standard InChI is InChI=1S/C19H28N4O3S2/c1-5-14(6-2)18-22-23-19(27-18)21-17(24)11-12-20-28(25,26)16-9-7-15(8-10-16)13(3)4/h7-10,13-14,20H,5-6,11-12H2,1-4H3,(H,21,23,24). The molecule has 0 saturated carbocycles. The summed E-state index contributed by atoms with van der Waals surface area (Å²) in [5, 5.41) is 12.2. The molecule has 1 heterocycles. The second kappa shape index (κ2) is 10.1. The predicted octanol–water partition coefficient (Wildman–Crippen LogP) is 3.87. The lowest BCUT2D eigenvalue weighted by Crippen LogP contribution is -2.27. The number of aromatic nitrogens is 2. The average molecular weight is 425 g/mol. The third-order valence-electron chi connectivity index (χ3n) is 4.52. The van der Waals surface area contributed by atoms with Gasteiger partial charge in [-0.3, -0.25) is 4.79 Å². The van der Waals surface area contributed by atoms with Crippen LogP contribution in [-0.2, 0) is 14.8 Å². The Morgan fingerprint density at radius 3 is 2.32 bits per heavy atom. The number of hydrogen-bond acceptors (Lipinski definition) is 6. The zero-order valence-electron chi connectivity index (χ0n) is 16.7. The van der Waals surface area contributed by atoms with Crippen molar-refractivity contribution < 1.29 is 13.2 Å². The van der Waals surface area contributed by atoms with Gasteiger partial charge in [0.2, 0.25) is 21.1 Å². The Labute approximate surface area is 171 Å². The first-order chi connectivity index (χ1) is 13.3. The van der Waals surface area contributed by atoms with Gasteiger partial charge < -0.3 is 5.32 Å². The summed E-state index contributed by atoms with van der Waals surface area (Å²) in [5.74, 6) is 0.376. The van der Waals surface area contributed by atoms with Crippen molar-refractivity contribution in [3.63, 3.8) is 0 Å². The molecule has 0 atom stereocenters. The van der Waals surface area contributed by atoms with Crippen LogP contribution in [0.3, 0.4) is 0 Å². The zero-order valence-corrected chi connectivity index (χ0v) is 18.4. The smallest absolute Gasteiger partial charge is 0.240 e. The van der Waals surface area contributed by atoms with E-state index in [4.69, 9.17) is 0 Å². The summed E-state index contributed by atoms with van der Waals surface area (Å²) in [7, 11) is -3.64. The molecule has 0 bridgehead atoms. The molecule has 2 aromatic rings. The van der Waals surface area contributed by atoms with Gasteiger partial charge in [-0.2, -0.15) is 0 Å². The van der Waals surface area contributed by atoms with Crippen molar-refractivity contribution in [1.29, 1.82) is 0 Å². The number of amides is 1. The highest BCUT2D eigenvalue weighted by molar-refractivity contribution is 7.89. The van der Waals surface area contributed by atoms with E-state index in [-0.39, 0.29) is 23.8 Å². The van der Waals surface area contributed by atoms with Crippen molar-refractivity contribution in [3.05, 3.63) is 34.8 Å². The van der Waals surface area contributed by atoms with Gasteiger partial charge in [0.05, 0.1) is 4.90 Å². The fourth-order valence-electron chi connectivity index (χ4n) is 2.68. The molecule has 0 radical (unpaired) electrons. The quantitative estimate of drug-likeness (QED) is 0.603. The maximum atomic E-state index is 12.3. The molecule has 0 unspecified atom stereocenters. The van der Waals surface area contributed by atoms with Crippen LogP contribution in [0.25, 0.3) is 0 Å². The fourth-order valence-corrected chi connectivity index (χ4v) is 4.74. The lowest BCUT2D eigenvalue weighted by molar-refractivity contribution is -0.116. The summed E-state index contributed by atoms with van der Waals surface area (Å²) in [4.78, 5) is 12.3. The van der Waals surface area contributed by atoms with Gasteiger partial charge in [-0.1, -0.05) is 51.2 Å². The van der Waals surface area contributed by atoms with Crippen molar-refractivity contribution in [2.45, 2.75) is 63.7 Å². The van der Waals surface area contributed by atoms with Gasteiger partial charge in [0, 0.05) is 18.9 Å². The molecule has 1 amide bonds. The highest BCUT2D eigenvalue weighted by Crippen LogP contribution is 2.28. The topological polar surface area (TPSA) is 101 Å². The molecule has 0 aliphatic carbocycles. The van der Waals surface area contributed by atoms with Crippen LogP contribution < -0.4 is 10.0 Å². The van der Waals surface area contributed by atoms with E-state index in [1.807, 2.05) is 13.8 Å². The highest BCUT2D eigenvalue weighted by Gasteiger charge is 2.16. The normalized spacial score (nSPS) is 11.9. The summed E-state index contributed by atoms with van der Waals surface area (Å²) >= 11 is 1.37. The van der Waals surface area contributed by atoms with Crippen LogP contribution in [0.4, 0.5) is 5.13 Å². The third kappa shape index (κ3) is 6.08. The first-order valence-corrected chi connectivity index (χ1v) is 11.8. The SMILES string of the molecule is CCC(CC)c1nnc(NC(=O)CCNS(=O)(=O)c2ccc(C(C)C)cc2)s1. The number of carbonyl (C=O) groups is 1. The molecule has 0 aliphatic heterocycles. The van der Waals surface area contributed by atoms with Crippen LogP contribution >= 0.6 is 11.3 Å². The molecule has 0 spiro atoms. The van der Waals surface area contributed by atoms with Crippen molar-refractivity contribution in [2.75, 3.05) is 11.9 Å². The van der Waals surface area contributed by atoms with Gasteiger partial charge in [-0.15, -0.1) is 10.2 Å². The Balaban J connectivity index is 1.86. The van der Waals surface area contributed by atoms with Crippen molar-refractivity contribution >= 4 is 32.4 Å². The number of hydrogen-bond donors (Lipinski definition) is 2. The molecule has 7 nitrogen and oxygen atoms in total. The molecule has 0 fully saturated rings. The summed E-state index contributed by atoms with van der Waals surface area (Å²) in [6, 6.07) is 6.77. The van der Waals surface area contributed by atoms with Gasteiger partial charge in [-0.25, -0.2) is 13.1 Å². The van der Waals surface area contributed by atoms with E-state index in [2.05, 4.69) is 34.1 Å². The molecule has 28 heavy (non-hydrogen) atoms. The van der Waals surface area contributed by atoms with Crippen molar-refractivity contribution in [3.8, 4) is 0 Å². The number of nitrogens with one attached hydrogen (secondary N) is 2. The second-order valence-corrected chi connectivity index (χ2v) is 9.65. The Bertz CT molecular complexity index is 873. The first kappa shape index (κ1) is 22.4. The lowest BCUT2D eigenvalue weighted by Gasteiger charge is -2.09. The molecule has 0 saturated heterocycles. The van der Waals surface area contributed by atoms with Gasteiger partial charge in [0.15, 0.2) is 0 Å². The van der Waals surface area contributed by atoms with E-state index in [1.54, 1.807) is 24.3 Å². The largest absolute Gasteiger partial charge is 0.300 e. The monoisotopic (exact) mass is 424 g/mol. The molecular weight excluding hydrogens is 396 g/mol. The van der Waals surface area contributed by atoms with Gasteiger partial charge in [0.1, 0.15) is 5.01 Å². The van der Waals surface area contributed by atoms with Gasteiger partial charge in [-0.05, 0) is 36.5 Å². The first-order valence-electron chi connectivity index (χ1n) is 9.49. The van der Waals surface area contributed by atoms with Crippen molar-refractivity contribution in [2.24, 2.45) is 0 Å². The maximum Gasteiger partial charge on any atom is 0.240 e. The molecule has 2 rings (SSSR count). The maximum absolute atomic E-state index is 12.3. The Hall–Kier alpha value is -1.84. The summed E-state index contributed by atoms with van der Waals surface area (Å²) in [5.41, 5.74) is 1.07. The predicted molar refractivity (Wildman–Crippen MR) is 112 cm³/mol. The Morgan fingerprint density at radius 2 is 1.75 bits per heavy atom. The number of sulfonamides is 1. The zero-order chi connectivity index (χ0) is 20.7. The molecule has 0 aliphatic rings. The van der Waals surface area contributed by atoms with Gasteiger partial charge in [0.25, 0.3) is 0 Å². The van der Waals surface area contributed by atoms with E-state index in [9.17, 15) is 13.2 Å². The lowest BCUT2D eigenvalue weighted by atomic mass is 10.0. The second-order valence-electron chi connectivity index (χ2n) is 6.88. The van der Waals surface area contributed by atoms with E-state index >= 15 is 0 Å². The van der Waals surface area contributed by atoms with Crippen LogP contribution in [0, 0.1) is 0 Å². The molecule has 1 aromatic heterocycles. The highest BCUT2D eigenvalue weighted by atomic mass is 32.2. The molecule has 154 valence electrons. The van der Waals surface area contributed by atoms with Crippen molar-refractivity contribution in [1.82, 2.24) is 14.9 Å². The van der Waals surface area contributed by atoms with E-state index < -0.39 is 10.0 Å². The van der Waals surface area contributed by atoms with E-state index in [0.717, 1.165) is 23.4 Å². The number of rotatable bonds is 10. The molecule has 2 N–H and O–H groups in total. The van der Waals surface area contributed by atoms with E-state index in [1.165, 1.54) is 11.3 Å². The van der Waals surface area contributed by atoms with E-state index in [0.29, 0.717) is 17.0 Å². The number of anilines is 1. The summed E-state index contributed by atoms with van der Waals surface area (Å²) in [6.07, 6.45) is 1.96. The number of benzene rings is 1. The van der Waals surface area contributed by atoms with Crippen LogP contribution in [0.15, 0.2) is 29.2 Å². The minimum atomic E-state index is -3.64. The fraction of sp³-hybridized carbons (Fsp3) is 0.526. The Kier molecular flexibility index (Phi) is 8.09. The van der Waals surface area contributed by atoms with Crippen LogP contribution in [0.1, 0.15) is 69.4 Å². The number of carbonyl (C=O) groups excluding carboxylic acids is 1. The van der Waals surface area contributed by atoms with Crippen LogP contribution in [0.5, 0.6) is 0 Å². The molecule has 1 aromatic carbocycles. The van der Waals surface area contributed by atoms with Gasteiger partial charge >= 0.3 is 0 Å². The van der Waals surface area contributed by atoms with Crippen LogP contribution in [0.2, 0.25) is 0 Å². The Morgan fingerprint density at radius 1 is 1.11 bits per heavy atom.